The normalized spacial score (nSPS) is 15.6. The van der Waals surface area contributed by atoms with E-state index >= 15 is 0 Å². The first kappa shape index (κ1) is 8.36. The molecule has 0 radical (unpaired) electrons. The van der Waals surface area contributed by atoms with Crippen molar-refractivity contribution in [1.82, 2.24) is 0 Å². The van der Waals surface area contributed by atoms with Crippen molar-refractivity contribution in [3.8, 4) is 0 Å². The van der Waals surface area contributed by atoms with E-state index in [-0.39, 0.29) is 5.41 Å². The average molecular weight is 241 g/mol. The van der Waals surface area contributed by atoms with E-state index in [0.717, 1.165) is 21.9 Å². The van der Waals surface area contributed by atoms with E-state index < -0.39 is 6.85 Å². The molecular weight excluding hydrogens is 220 g/mol. The van der Waals surface area contributed by atoms with Gasteiger partial charge in [0.25, 0.3) is 0 Å². The number of rotatable bonds is 0. The number of para-hydroxylation sites is 1. The van der Waals surface area contributed by atoms with Crippen molar-refractivity contribution in [2.45, 2.75) is 33.0 Å². The first-order chi connectivity index (χ1) is 9.69. The quantitative estimate of drug-likeness (QED) is 0.527. The van der Waals surface area contributed by atoms with E-state index in [0.29, 0.717) is 11.1 Å². The Hall–Kier alpha value is -1.76. The van der Waals surface area contributed by atoms with Crippen molar-refractivity contribution in [3.05, 3.63) is 47.5 Å². The van der Waals surface area contributed by atoms with Crippen LogP contribution in [0.4, 0.5) is 0 Å². The fraction of sp³-hybridized carbons (Fsp3) is 0.294. The van der Waals surface area contributed by atoms with Crippen LogP contribution in [0.25, 0.3) is 21.9 Å². The van der Waals surface area contributed by atoms with Crippen molar-refractivity contribution in [2.24, 2.45) is 0 Å². The lowest BCUT2D eigenvalue weighted by molar-refractivity contribution is 0.569. The highest BCUT2D eigenvalue weighted by Crippen LogP contribution is 2.37. The van der Waals surface area contributed by atoms with Gasteiger partial charge in [-0.3, -0.25) is 0 Å². The number of hydrogen-bond donors (Lipinski definition) is 0. The SMILES string of the molecule is [2H]C([2H])([2H])c1ccc2c(oc3ccccc32)c1C(C)(C)C. The molecule has 1 heteroatoms. The summed E-state index contributed by atoms with van der Waals surface area (Å²) in [6.45, 7) is 3.91. The molecule has 3 aromatic rings. The predicted molar refractivity (Wildman–Crippen MR) is 77.2 cm³/mol. The second kappa shape index (κ2) is 3.61. The van der Waals surface area contributed by atoms with Crippen molar-refractivity contribution in [2.75, 3.05) is 0 Å². The molecule has 2 aromatic carbocycles. The lowest BCUT2D eigenvalue weighted by Gasteiger charge is -2.21. The van der Waals surface area contributed by atoms with Gasteiger partial charge in [0.1, 0.15) is 11.2 Å². The Bertz CT molecular complexity index is 820. The van der Waals surface area contributed by atoms with Gasteiger partial charge in [-0.15, -0.1) is 0 Å². The maximum absolute atomic E-state index is 7.80. The second-order valence-electron chi connectivity index (χ2n) is 5.71. The number of furan rings is 1. The highest BCUT2D eigenvalue weighted by Gasteiger charge is 2.22. The fourth-order valence-corrected chi connectivity index (χ4v) is 2.53. The number of aryl methyl sites for hydroxylation is 1. The van der Waals surface area contributed by atoms with E-state index in [2.05, 4.69) is 0 Å². The van der Waals surface area contributed by atoms with Crippen molar-refractivity contribution in [3.63, 3.8) is 0 Å². The van der Waals surface area contributed by atoms with Crippen LogP contribution in [0.2, 0.25) is 0 Å². The summed E-state index contributed by atoms with van der Waals surface area (Å²) in [4.78, 5) is 0. The lowest BCUT2D eigenvalue weighted by Crippen LogP contribution is -2.13. The van der Waals surface area contributed by atoms with Crippen LogP contribution < -0.4 is 0 Å². The van der Waals surface area contributed by atoms with Gasteiger partial charge in [-0.2, -0.15) is 0 Å². The van der Waals surface area contributed by atoms with Crippen LogP contribution in [0.5, 0.6) is 0 Å². The Labute approximate surface area is 112 Å². The Morgan fingerprint density at radius 3 is 2.50 bits per heavy atom. The zero-order valence-corrected chi connectivity index (χ0v) is 10.9. The van der Waals surface area contributed by atoms with Crippen molar-refractivity contribution < 1.29 is 8.53 Å². The molecule has 0 spiro atoms. The van der Waals surface area contributed by atoms with E-state index in [1.807, 2.05) is 51.1 Å². The molecule has 18 heavy (non-hydrogen) atoms. The largest absolute Gasteiger partial charge is 0.456 e. The third-order valence-corrected chi connectivity index (χ3v) is 3.30. The number of hydrogen-bond acceptors (Lipinski definition) is 1. The smallest absolute Gasteiger partial charge is 0.139 e. The van der Waals surface area contributed by atoms with Crippen LogP contribution in [0.3, 0.4) is 0 Å². The standard InChI is InChI=1S/C17H18O/c1-11-9-10-13-12-7-5-6-8-14(12)18-16(13)15(11)17(2,3)4/h5-10H,1-4H3/i1D3. The summed E-state index contributed by atoms with van der Waals surface area (Å²) in [5.74, 6) is 0. The lowest BCUT2D eigenvalue weighted by atomic mass is 9.83. The molecule has 0 saturated carbocycles. The molecular formula is C17H18O. The minimum atomic E-state index is -2.14. The molecule has 0 bridgehead atoms. The second-order valence-corrected chi connectivity index (χ2v) is 5.71. The maximum atomic E-state index is 7.80. The maximum Gasteiger partial charge on any atom is 0.139 e. The Kier molecular flexibility index (Phi) is 1.68. The molecule has 3 rings (SSSR count). The third kappa shape index (κ3) is 1.54. The molecule has 0 fully saturated rings. The molecule has 1 heterocycles. The Morgan fingerprint density at radius 1 is 1.00 bits per heavy atom. The summed E-state index contributed by atoms with van der Waals surface area (Å²) >= 11 is 0. The van der Waals surface area contributed by atoms with Crippen LogP contribution >= 0.6 is 0 Å². The highest BCUT2D eigenvalue weighted by atomic mass is 16.3. The van der Waals surface area contributed by atoms with Crippen LogP contribution in [-0.4, -0.2) is 0 Å². The molecule has 1 aromatic heterocycles. The van der Waals surface area contributed by atoms with Crippen molar-refractivity contribution in [1.29, 1.82) is 0 Å². The van der Waals surface area contributed by atoms with Crippen LogP contribution in [-0.2, 0) is 5.41 Å². The van der Waals surface area contributed by atoms with Gasteiger partial charge in [0, 0.05) is 20.4 Å². The zero-order valence-electron chi connectivity index (χ0n) is 13.9. The molecule has 0 aliphatic carbocycles. The van der Waals surface area contributed by atoms with Crippen LogP contribution in [0, 0.1) is 6.85 Å². The van der Waals surface area contributed by atoms with Crippen LogP contribution in [0.1, 0.15) is 36.0 Å². The fourth-order valence-electron chi connectivity index (χ4n) is 2.53. The minimum absolute atomic E-state index is 0.308. The molecule has 0 atom stereocenters. The summed E-state index contributed by atoms with van der Waals surface area (Å²) in [7, 11) is 0. The van der Waals surface area contributed by atoms with Gasteiger partial charge in [0.05, 0.1) is 0 Å². The van der Waals surface area contributed by atoms with E-state index in [1.165, 1.54) is 0 Å². The Balaban J connectivity index is 2.50. The summed E-state index contributed by atoms with van der Waals surface area (Å²) in [5.41, 5.74) is 2.33. The number of benzene rings is 2. The monoisotopic (exact) mass is 241 g/mol. The van der Waals surface area contributed by atoms with E-state index in [1.54, 1.807) is 6.07 Å². The molecule has 1 nitrogen and oxygen atoms in total. The molecule has 0 aliphatic heterocycles. The molecule has 0 N–H and O–H groups in total. The number of fused-ring (bicyclic) bond motifs is 3. The summed E-state index contributed by atoms with van der Waals surface area (Å²) in [6.07, 6.45) is 0. The van der Waals surface area contributed by atoms with Gasteiger partial charge >= 0.3 is 0 Å². The Morgan fingerprint density at radius 2 is 1.78 bits per heavy atom. The zero-order chi connectivity index (χ0) is 15.4. The highest BCUT2D eigenvalue weighted by molar-refractivity contribution is 6.06. The average Bonchev–Trinajstić information content (AvgIpc) is 2.73. The van der Waals surface area contributed by atoms with Crippen molar-refractivity contribution >= 4 is 21.9 Å². The third-order valence-electron chi connectivity index (χ3n) is 3.30. The first-order valence-electron chi connectivity index (χ1n) is 7.65. The van der Waals surface area contributed by atoms with Gasteiger partial charge in [0.2, 0.25) is 0 Å². The molecule has 0 saturated heterocycles. The summed E-state index contributed by atoms with van der Waals surface area (Å²) < 4.78 is 29.4. The topological polar surface area (TPSA) is 13.1 Å². The van der Waals surface area contributed by atoms with E-state index in [9.17, 15) is 0 Å². The van der Waals surface area contributed by atoms with Gasteiger partial charge < -0.3 is 4.42 Å². The minimum Gasteiger partial charge on any atom is -0.456 e. The summed E-state index contributed by atoms with van der Waals surface area (Å²) in [5, 5.41) is 2.00. The van der Waals surface area contributed by atoms with Gasteiger partial charge in [-0.25, -0.2) is 0 Å². The van der Waals surface area contributed by atoms with Crippen LogP contribution in [0.15, 0.2) is 40.8 Å². The molecule has 0 aliphatic rings. The molecule has 92 valence electrons. The van der Waals surface area contributed by atoms with Gasteiger partial charge in [-0.05, 0) is 23.9 Å². The van der Waals surface area contributed by atoms with Gasteiger partial charge in [-0.1, -0.05) is 51.1 Å². The summed E-state index contributed by atoms with van der Waals surface area (Å²) in [6, 6.07) is 11.4. The van der Waals surface area contributed by atoms with E-state index in [4.69, 9.17) is 8.53 Å². The first-order valence-corrected chi connectivity index (χ1v) is 6.15. The van der Waals surface area contributed by atoms with Gasteiger partial charge in [0.15, 0.2) is 0 Å². The molecule has 0 amide bonds. The molecule has 0 unspecified atom stereocenters. The predicted octanol–water partition coefficient (Wildman–Crippen LogP) is 5.19.